The number of fused-ring (bicyclic) bond motifs is 2. The highest BCUT2D eigenvalue weighted by Gasteiger charge is 2.39. The van der Waals surface area contributed by atoms with E-state index >= 15 is 0 Å². The maximum absolute atomic E-state index is 13.0. The van der Waals surface area contributed by atoms with Crippen LogP contribution in [0.15, 0.2) is 18.3 Å². The van der Waals surface area contributed by atoms with E-state index < -0.39 is 0 Å². The summed E-state index contributed by atoms with van der Waals surface area (Å²) in [5, 5.41) is 21.2. The van der Waals surface area contributed by atoms with Gasteiger partial charge in [-0.25, -0.2) is 0 Å². The van der Waals surface area contributed by atoms with Crippen molar-refractivity contribution in [2.75, 3.05) is 62.7 Å². The van der Waals surface area contributed by atoms with Crippen LogP contribution in [0.3, 0.4) is 0 Å². The first-order chi connectivity index (χ1) is 20.5. The summed E-state index contributed by atoms with van der Waals surface area (Å²) in [6.07, 6.45) is 5.27. The van der Waals surface area contributed by atoms with Crippen LogP contribution in [0.4, 0.5) is 11.5 Å². The molecule has 3 saturated heterocycles. The highest BCUT2D eigenvalue weighted by atomic mass is 16.5. The zero-order valence-corrected chi connectivity index (χ0v) is 24.3. The van der Waals surface area contributed by atoms with Gasteiger partial charge >= 0.3 is 6.01 Å². The lowest BCUT2D eigenvalue weighted by Crippen LogP contribution is -2.57. The van der Waals surface area contributed by atoms with Crippen LogP contribution in [0.2, 0.25) is 0 Å². The first kappa shape index (κ1) is 26.9. The third-order valence-electron chi connectivity index (χ3n) is 9.31. The third kappa shape index (κ3) is 5.01. The summed E-state index contributed by atoms with van der Waals surface area (Å²) in [6.45, 7) is 7.76. The number of aromatic amines is 1. The molecule has 0 bridgehead atoms. The average Bonchev–Trinajstić information content (AvgIpc) is 3.60. The number of amides is 1. The fourth-order valence-corrected chi connectivity index (χ4v) is 6.85. The SMILES string of the molecule is Cc1ccc2[nH]ncc2c1N1CCc2c(nc(OCC3CCCN3C)nc2N2CCN(C(=O)C3CN3)C(CC#N)C2)C1. The van der Waals surface area contributed by atoms with Crippen LogP contribution in [0.5, 0.6) is 6.01 Å². The molecule has 7 rings (SSSR count). The first-order valence-corrected chi connectivity index (χ1v) is 15.1. The van der Waals surface area contributed by atoms with Crippen LogP contribution in [0, 0.1) is 18.3 Å². The Hall–Kier alpha value is -3.95. The van der Waals surface area contributed by atoms with Crippen molar-refractivity contribution < 1.29 is 9.53 Å². The monoisotopic (exact) mass is 570 g/mol. The van der Waals surface area contributed by atoms with Crippen molar-refractivity contribution >= 4 is 28.3 Å². The molecule has 0 radical (unpaired) electrons. The lowest BCUT2D eigenvalue weighted by molar-refractivity contribution is -0.133. The zero-order chi connectivity index (χ0) is 28.8. The Morgan fingerprint density at radius 1 is 1.17 bits per heavy atom. The van der Waals surface area contributed by atoms with E-state index in [4.69, 9.17) is 14.7 Å². The molecule has 0 spiro atoms. The van der Waals surface area contributed by atoms with Gasteiger partial charge in [-0.3, -0.25) is 9.89 Å². The van der Waals surface area contributed by atoms with E-state index in [0.29, 0.717) is 51.3 Å². The molecule has 1 aromatic carbocycles. The number of aromatic nitrogens is 4. The molecular formula is C30H38N10O2. The topological polar surface area (TPSA) is 139 Å². The smallest absolute Gasteiger partial charge is 0.318 e. The van der Waals surface area contributed by atoms with E-state index in [-0.39, 0.29) is 18.0 Å². The number of hydrogen-bond acceptors (Lipinski definition) is 10. The summed E-state index contributed by atoms with van der Waals surface area (Å²) < 4.78 is 6.30. The van der Waals surface area contributed by atoms with Gasteiger partial charge in [-0.15, -0.1) is 0 Å². The van der Waals surface area contributed by atoms with Crippen molar-refractivity contribution in [3.63, 3.8) is 0 Å². The second-order valence-corrected chi connectivity index (χ2v) is 12.0. The number of aryl methyl sites for hydroxylation is 1. The fourth-order valence-electron chi connectivity index (χ4n) is 6.85. The minimum Gasteiger partial charge on any atom is -0.462 e. The van der Waals surface area contributed by atoms with Crippen molar-refractivity contribution in [3.05, 3.63) is 35.2 Å². The number of hydrogen-bond donors (Lipinski definition) is 2. The number of carbonyl (C=O) groups is 1. The minimum atomic E-state index is -0.179. The Morgan fingerprint density at radius 2 is 2.05 bits per heavy atom. The van der Waals surface area contributed by atoms with Crippen LogP contribution < -0.4 is 19.9 Å². The Kier molecular flexibility index (Phi) is 7.07. The lowest BCUT2D eigenvalue weighted by Gasteiger charge is -2.42. The van der Waals surface area contributed by atoms with Gasteiger partial charge in [0.25, 0.3) is 0 Å². The van der Waals surface area contributed by atoms with Crippen molar-refractivity contribution in [3.8, 4) is 12.1 Å². The molecule has 12 nitrogen and oxygen atoms in total. The summed E-state index contributed by atoms with van der Waals surface area (Å²) in [5.74, 6) is 0.982. The maximum atomic E-state index is 13.0. The minimum absolute atomic E-state index is 0.101. The van der Waals surface area contributed by atoms with Crippen molar-refractivity contribution in [1.29, 1.82) is 5.26 Å². The Morgan fingerprint density at radius 3 is 2.83 bits per heavy atom. The molecule has 3 unspecified atom stereocenters. The number of H-pyrrole nitrogens is 1. The predicted molar refractivity (Wildman–Crippen MR) is 158 cm³/mol. The normalized spacial score (nSPS) is 24.1. The molecule has 3 atom stereocenters. The van der Waals surface area contributed by atoms with Gasteiger partial charge in [0.1, 0.15) is 12.4 Å². The van der Waals surface area contributed by atoms with E-state index in [1.165, 1.54) is 17.7 Å². The summed E-state index contributed by atoms with van der Waals surface area (Å²) in [4.78, 5) is 31.8. The van der Waals surface area contributed by atoms with E-state index in [1.54, 1.807) is 0 Å². The van der Waals surface area contributed by atoms with Gasteiger partial charge in [-0.2, -0.15) is 20.3 Å². The Balaban J connectivity index is 1.20. The van der Waals surface area contributed by atoms with Crippen LogP contribution in [-0.4, -0.2) is 107 Å². The first-order valence-electron chi connectivity index (χ1n) is 15.1. The molecule has 12 heteroatoms. The second kappa shape index (κ2) is 11.0. The molecular weight excluding hydrogens is 532 g/mol. The van der Waals surface area contributed by atoms with E-state index in [2.05, 4.69) is 62.4 Å². The highest BCUT2D eigenvalue weighted by Crippen LogP contribution is 2.36. The maximum Gasteiger partial charge on any atom is 0.318 e. The predicted octanol–water partition coefficient (Wildman–Crippen LogP) is 1.60. The molecule has 0 aliphatic carbocycles. The number of nitrogens with zero attached hydrogens (tertiary/aromatic N) is 8. The van der Waals surface area contributed by atoms with Crippen molar-refractivity contribution in [2.45, 2.75) is 57.3 Å². The van der Waals surface area contributed by atoms with Gasteiger partial charge in [-0.1, -0.05) is 6.07 Å². The number of anilines is 2. The van der Waals surface area contributed by atoms with Crippen molar-refractivity contribution in [1.82, 2.24) is 35.3 Å². The van der Waals surface area contributed by atoms with Gasteiger partial charge in [-0.05, 0) is 51.4 Å². The molecule has 2 N–H and O–H groups in total. The lowest BCUT2D eigenvalue weighted by atomic mass is 10.0. The molecule has 1 amide bonds. The van der Waals surface area contributed by atoms with Crippen LogP contribution in [0.1, 0.15) is 36.1 Å². The third-order valence-corrected chi connectivity index (χ3v) is 9.31. The number of ether oxygens (including phenoxy) is 1. The number of likely N-dealkylation sites (tertiary alicyclic amines) is 1. The van der Waals surface area contributed by atoms with Crippen LogP contribution in [0.25, 0.3) is 10.9 Å². The number of carbonyl (C=O) groups excluding carboxylic acids is 1. The molecule has 4 aliphatic rings. The summed E-state index contributed by atoms with van der Waals surface area (Å²) in [7, 11) is 2.14. The van der Waals surface area contributed by atoms with Gasteiger partial charge in [0.2, 0.25) is 5.91 Å². The number of piperazine rings is 1. The second-order valence-electron chi connectivity index (χ2n) is 12.0. The largest absolute Gasteiger partial charge is 0.462 e. The number of benzene rings is 1. The average molecular weight is 571 g/mol. The summed E-state index contributed by atoms with van der Waals surface area (Å²) in [5.41, 5.74) is 5.50. The standard InChI is InChI=1S/C30H38N10O2/c1-19-5-6-24-23(14-33-36-24)27(19)38-11-8-22-26(17-38)34-30(42-18-21-4-3-10-37(21)2)35-28(22)39-12-13-40(20(16-39)7-9-31)29(41)25-15-32-25/h5-6,14,20-21,25,32H,3-4,7-8,10-13,15-18H2,1-2H3,(H,33,36). The quantitative estimate of drug-likeness (QED) is 0.403. The molecule has 0 saturated carbocycles. The van der Waals surface area contributed by atoms with E-state index in [9.17, 15) is 10.1 Å². The van der Waals surface area contributed by atoms with Crippen LogP contribution >= 0.6 is 0 Å². The van der Waals surface area contributed by atoms with Gasteiger partial charge in [0.15, 0.2) is 0 Å². The molecule has 220 valence electrons. The number of nitrogens with one attached hydrogen (secondary N) is 2. The molecule has 2 aromatic heterocycles. The van der Waals surface area contributed by atoms with E-state index in [0.717, 1.165) is 60.5 Å². The molecule has 4 aliphatic heterocycles. The molecule has 6 heterocycles. The van der Waals surface area contributed by atoms with Crippen LogP contribution in [-0.2, 0) is 17.8 Å². The Bertz CT molecular complexity index is 1530. The van der Waals surface area contributed by atoms with Gasteiger partial charge < -0.3 is 29.7 Å². The van der Waals surface area contributed by atoms with Crippen molar-refractivity contribution in [2.24, 2.45) is 0 Å². The number of nitriles is 1. The highest BCUT2D eigenvalue weighted by molar-refractivity contribution is 5.93. The Labute approximate surface area is 245 Å². The molecule has 3 aromatic rings. The van der Waals surface area contributed by atoms with Gasteiger partial charge in [0, 0.05) is 49.7 Å². The molecule has 3 fully saturated rings. The molecule has 42 heavy (non-hydrogen) atoms. The summed E-state index contributed by atoms with van der Waals surface area (Å²) in [6, 6.07) is 7.00. The van der Waals surface area contributed by atoms with Gasteiger partial charge in [0.05, 0.1) is 54.2 Å². The fraction of sp³-hybridized carbons (Fsp3) is 0.567. The summed E-state index contributed by atoms with van der Waals surface area (Å²) >= 11 is 0. The zero-order valence-electron chi connectivity index (χ0n) is 24.3. The van der Waals surface area contributed by atoms with E-state index in [1.807, 2.05) is 11.1 Å². The number of likely N-dealkylation sites (N-methyl/N-ethyl adjacent to an activating group) is 1. The number of rotatable bonds is 7.